The van der Waals surface area contributed by atoms with Gasteiger partial charge in [0.05, 0.1) is 0 Å². The van der Waals surface area contributed by atoms with E-state index >= 15 is 0 Å². The van der Waals surface area contributed by atoms with E-state index in [2.05, 4.69) is 9.80 Å². The van der Waals surface area contributed by atoms with Gasteiger partial charge in [-0.2, -0.15) is 0 Å². The molecule has 0 aromatic heterocycles. The minimum Gasteiger partial charge on any atom is -0.338 e. The summed E-state index contributed by atoms with van der Waals surface area (Å²) >= 11 is 0. The molecule has 0 bridgehead atoms. The Bertz CT molecular complexity index is 554. The van der Waals surface area contributed by atoms with Gasteiger partial charge in [0, 0.05) is 25.0 Å². The SMILES string of the molecule is CN(C)CCN(C(=O)C1CC1c1ccccc1F)C1CCCC1. The topological polar surface area (TPSA) is 23.6 Å². The Morgan fingerprint density at radius 1 is 1.17 bits per heavy atom. The number of halogens is 1. The van der Waals surface area contributed by atoms with E-state index in [1.165, 1.54) is 18.9 Å². The number of carbonyl (C=O) groups is 1. The molecule has 2 fully saturated rings. The number of benzene rings is 1. The number of nitrogens with zero attached hydrogens (tertiary/aromatic N) is 2. The first-order chi connectivity index (χ1) is 11.1. The van der Waals surface area contributed by atoms with Crippen LogP contribution in [0.1, 0.15) is 43.6 Å². The molecule has 1 aromatic rings. The molecule has 1 amide bonds. The summed E-state index contributed by atoms with van der Waals surface area (Å²) in [4.78, 5) is 17.2. The van der Waals surface area contributed by atoms with Gasteiger partial charge in [0.1, 0.15) is 5.82 Å². The second-order valence-corrected chi connectivity index (χ2v) is 7.24. The van der Waals surface area contributed by atoms with Crippen LogP contribution in [0.25, 0.3) is 0 Å². The number of likely N-dealkylation sites (N-methyl/N-ethyl adjacent to an activating group) is 1. The molecule has 23 heavy (non-hydrogen) atoms. The third kappa shape index (κ3) is 3.74. The maximum absolute atomic E-state index is 13.9. The molecule has 0 heterocycles. The summed E-state index contributed by atoms with van der Waals surface area (Å²) < 4.78 is 13.9. The number of amides is 1. The Balaban J connectivity index is 1.68. The van der Waals surface area contributed by atoms with Crippen molar-refractivity contribution >= 4 is 5.91 Å². The molecule has 0 aliphatic heterocycles. The van der Waals surface area contributed by atoms with Gasteiger partial charge in [-0.05, 0) is 50.9 Å². The van der Waals surface area contributed by atoms with E-state index < -0.39 is 0 Å². The van der Waals surface area contributed by atoms with Gasteiger partial charge in [0.25, 0.3) is 0 Å². The van der Waals surface area contributed by atoms with Crippen LogP contribution in [0.4, 0.5) is 4.39 Å². The molecular weight excluding hydrogens is 291 g/mol. The van der Waals surface area contributed by atoms with Gasteiger partial charge in [-0.25, -0.2) is 4.39 Å². The zero-order valence-electron chi connectivity index (χ0n) is 14.2. The second kappa shape index (κ2) is 7.00. The van der Waals surface area contributed by atoms with E-state index in [0.717, 1.165) is 32.4 Å². The van der Waals surface area contributed by atoms with Crippen LogP contribution in [-0.4, -0.2) is 48.9 Å². The second-order valence-electron chi connectivity index (χ2n) is 7.24. The first kappa shape index (κ1) is 16.4. The van der Waals surface area contributed by atoms with Gasteiger partial charge < -0.3 is 9.80 Å². The molecule has 3 nitrogen and oxygen atoms in total. The van der Waals surface area contributed by atoms with Crippen LogP contribution in [0.5, 0.6) is 0 Å². The van der Waals surface area contributed by atoms with Gasteiger partial charge in [-0.1, -0.05) is 31.0 Å². The van der Waals surface area contributed by atoms with E-state index in [-0.39, 0.29) is 23.6 Å². The van der Waals surface area contributed by atoms with Crippen molar-refractivity contribution in [1.29, 1.82) is 0 Å². The maximum atomic E-state index is 13.9. The first-order valence-electron chi connectivity index (χ1n) is 8.77. The highest BCUT2D eigenvalue weighted by molar-refractivity contribution is 5.83. The maximum Gasteiger partial charge on any atom is 0.226 e. The quantitative estimate of drug-likeness (QED) is 0.804. The standard InChI is InChI=1S/C19H27FN2O/c1-21(2)11-12-22(14-7-3-4-8-14)19(23)17-13-16(17)15-9-5-6-10-18(15)20/h5-6,9-10,14,16-17H,3-4,7-8,11-13H2,1-2H3. The minimum atomic E-state index is -0.173. The van der Waals surface area contributed by atoms with Gasteiger partial charge in [-0.15, -0.1) is 0 Å². The molecule has 2 atom stereocenters. The predicted octanol–water partition coefficient (Wildman–Crippen LogP) is 3.26. The van der Waals surface area contributed by atoms with E-state index in [9.17, 15) is 9.18 Å². The van der Waals surface area contributed by atoms with Crippen molar-refractivity contribution in [3.8, 4) is 0 Å². The number of carbonyl (C=O) groups excluding carboxylic acids is 1. The van der Waals surface area contributed by atoms with E-state index in [4.69, 9.17) is 0 Å². The summed E-state index contributed by atoms with van der Waals surface area (Å²) in [6.45, 7) is 1.68. The van der Waals surface area contributed by atoms with Crippen molar-refractivity contribution in [3.63, 3.8) is 0 Å². The molecule has 0 spiro atoms. The summed E-state index contributed by atoms with van der Waals surface area (Å²) in [5.74, 6) is 0.127. The normalized spacial score (nSPS) is 24.2. The Morgan fingerprint density at radius 3 is 2.52 bits per heavy atom. The monoisotopic (exact) mass is 318 g/mol. The van der Waals surface area contributed by atoms with Gasteiger partial charge in [-0.3, -0.25) is 4.79 Å². The lowest BCUT2D eigenvalue weighted by atomic mass is 10.1. The molecule has 2 saturated carbocycles. The van der Waals surface area contributed by atoms with Crippen LogP contribution in [0.2, 0.25) is 0 Å². The van der Waals surface area contributed by atoms with Gasteiger partial charge >= 0.3 is 0 Å². The Labute approximate surface area is 138 Å². The highest BCUT2D eigenvalue weighted by atomic mass is 19.1. The summed E-state index contributed by atoms with van der Waals surface area (Å²) in [6.07, 6.45) is 5.48. The molecule has 0 N–H and O–H groups in total. The lowest BCUT2D eigenvalue weighted by Crippen LogP contribution is -2.43. The fraction of sp³-hybridized carbons (Fsp3) is 0.632. The molecule has 1 aromatic carbocycles. The smallest absolute Gasteiger partial charge is 0.226 e. The Hall–Kier alpha value is -1.42. The molecule has 2 aliphatic carbocycles. The summed E-state index contributed by atoms with van der Waals surface area (Å²) in [5, 5.41) is 0. The number of rotatable bonds is 6. The van der Waals surface area contributed by atoms with Crippen LogP contribution in [0.15, 0.2) is 24.3 Å². The van der Waals surface area contributed by atoms with Crippen LogP contribution < -0.4 is 0 Å². The summed E-state index contributed by atoms with van der Waals surface area (Å²) in [6, 6.07) is 7.28. The van der Waals surface area contributed by atoms with Crippen molar-refractivity contribution < 1.29 is 9.18 Å². The number of hydrogen-bond acceptors (Lipinski definition) is 2. The molecule has 126 valence electrons. The average Bonchev–Trinajstić information content (AvgIpc) is 3.13. The average molecular weight is 318 g/mol. The fourth-order valence-electron chi connectivity index (χ4n) is 3.80. The summed E-state index contributed by atoms with van der Waals surface area (Å²) in [7, 11) is 4.08. The van der Waals surface area contributed by atoms with E-state index in [1.54, 1.807) is 6.07 Å². The lowest BCUT2D eigenvalue weighted by Gasteiger charge is -2.30. The third-order valence-electron chi connectivity index (χ3n) is 5.25. The zero-order chi connectivity index (χ0) is 16.4. The first-order valence-corrected chi connectivity index (χ1v) is 8.77. The molecule has 0 saturated heterocycles. The largest absolute Gasteiger partial charge is 0.338 e. The lowest BCUT2D eigenvalue weighted by molar-refractivity contribution is -0.135. The molecule has 0 radical (unpaired) electrons. The zero-order valence-corrected chi connectivity index (χ0v) is 14.2. The molecule has 3 rings (SSSR count). The Morgan fingerprint density at radius 2 is 1.87 bits per heavy atom. The van der Waals surface area contributed by atoms with Crippen molar-refractivity contribution in [2.75, 3.05) is 27.2 Å². The fourth-order valence-corrected chi connectivity index (χ4v) is 3.80. The molecule has 4 heteroatoms. The van der Waals surface area contributed by atoms with Crippen LogP contribution in [-0.2, 0) is 4.79 Å². The van der Waals surface area contributed by atoms with Gasteiger partial charge in [0.2, 0.25) is 5.91 Å². The molecule has 2 aliphatic rings. The van der Waals surface area contributed by atoms with Gasteiger partial charge in [0.15, 0.2) is 0 Å². The van der Waals surface area contributed by atoms with E-state index in [1.807, 2.05) is 26.2 Å². The minimum absolute atomic E-state index is 0.0188. The molecular formula is C19H27FN2O. The highest BCUT2D eigenvalue weighted by Crippen LogP contribution is 2.49. The van der Waals surface area contributed by atoms with Crippen LogP contribution in [0, 0.1) is 11.7 Å². The Kier molecular flexibility index (Phi) is 5.00. The van der Waals surface area contributed by atoms with Crippen molar-refractivity contribution in [2.24, 2.45) is 5.92 Å². The van der Waals surface area contributed by atoms with Crippen molar-refractivity contribution in [1.82, 2.24) is 9.80 Å². The predicted molar refractivity (Wildman–Crippen MR) is 89.8 cm³/mol. The van der Waals surface area contributed by atoms with Crippen LogP contribution in [0.3, 0.4) is 0 Å². The highest BCUT2D eigenvalue weighted by Gasteiger charge is 2.47. The van der Waals surface area contributed by atoms with Crippen molar-refractivity contribution in [3.05, 3.63) is 35.6 Å². The third-order valence-corrected chi connectivity index (χ3v) is 5.25. The number of hydrogen-bond donors (Lipinski definition) is 0. The van der Waals surface area contributed by atoms with Crippen LogP contribution >= 0.6 is 0 Å². The molecule has 2 unspecified atom stereocenters. The van der Waals surface area contributed by atoms with Crippen molar-refractivity contribution in [2.45, 2.75) is 44.1 Å². The van der Waals surface area contributed by atoms with E-state index in [0.29, 0.717) is 11.6 Å². The summed E-state index contributed by atoms with van der Waals surface area (Å²) in [5.41, 5.74) is 0.713.